The summed E-state index contributed by atoms with van der Waals surface area (Å²) in [6.45, 7) is 4.18. The van der Waals surface area contributed by atoms with Gasteiger partial charge in [-0.05, 0) is 12.5 Å². The Bertz CT molecular complexity index is 92.4. The predicted molar refractivity (Wildman–Crippen MR) is 37.1 cm³/mol. The topological polar surface area (TPSA) is 29.1 Å². The number of nitrogens with one attached hydrogen (secondary N) is 1. The standard InChI is InChI=1S/C5H11NOS/c1-3-8(7)5-4-6-2/h3,6H,1,4-5H2,2H3. The first-order valence-electron chi connectivity index (χ1n) is 2.45. The van der Waals surface area contributed by atoms with Crippen molar-refractivity contribution >= 4 is 10.8 Å². The molecule has 0 saturated heterocycles. The molecule has 0 heterocycles. The highest BCUT2D eigenvalue weighted by Gasteiger charge is 1.87. The van der Waals surface area contributed by atoms with E-state index in [9.17, 15) is 4.21 Å². The number of rotatable bonds is 4. The highest BCUT2D eigenvalue weighted by Crippen LogP contribution is 1.78. The molecule has 0 aliphatic carbocycles. The molecule has 1 atom stereocenters. The Morgan fingerprint density at radius 1 is 1.88 bits per heavy atom. The second-order valence-corrected chi connectivity index (χ2v) is 2.86. The van der Waals surface area contributed by atoms with Crippen molar-refractivity contribution in [2.45, 2.75) is 0 Å². The first kappa shape index (κ1) is 7.85. The lowest BCUT2D eigenvalue weighted by Gasteiger charge is -1.92. The van der Waals surface area contributed by atoms with Gasteiger partial charge in [0.05, 0.1) is 0 Å². The van der Waals surface area contributed by atoms with Gasteiger partial charge < -0.3 is 5.32 Å². The molecule has 0 saturated carbocycles. The Labute approximate surface area is 52.4 Å². The molecule has 0 aromatic rings. The van der Waals surface area contributed by atoms with Gasteiger partial charge in [-0.3, -0.25) is 4.21 Å². The van der Waals surface area contributed by atoms with Crippen molar-refractivity contribution < 1.29 is 4.21 Å². The second kappa shape index (κ2) is 5.00. The Kier molecular flexibility index (Phi) is 4.90. The van der Waals surface area contributed by atoms with Gasteiger partial charge in [0.25, 0.3) is 0 Å². The van der Waals surface area contributed by atoms with Crippen LogP contribution in [0.1, 0.15) is 0 Å². The molecular formula is C5H11NOS. The predicted octanol–water partition coefficient (Wildman–Crippen LogP) is 0.0980. The number of hydrogen-bond donors (Lipinski definition) is 1. The summed E-state index contributed by atoms with van der Waals surface area (Å²) >= 11 is 0. The fourth-order valence-corrected chi connectivity index (χ4v) is 0.858. The van der Waals surface area contributed by atoms with Crippen LogP contribution in [0.4, 0.5) is 0 Å². The molecule has 3 heteroatoms. The molecule has 1 unspecified atom stereocenters. The Balaban J connectivity index is 3.11. The maximum Gasteiger partial charge on any atom is 0.0462 e. The van der Waals surface area contributed by atoms with E-state index in [0.29, 0.717) is 5.75 Å². The zero-order valence-electron chi connectivity index (χ0n) is 5.02. The summed E-state index contributed by atoms with van der Waals surface area (Å²) in [6, 6.07) is 0. The van der Waals surface area contributed by atoms with E-state index in [4.69, 9.17) is 0 Å². The molecule has 0 rings (SSSR count). The fraction of sp³-hybridized carbons (Fsp3) is 0.600. The Morgan fingerprint density at radius 2 is 2.50 bits per heavy atom. The van der Waals surface area contributed by atoms with Crippen LogP contribution in [0.15, 0.2) is 12.0 Å². The molecule has 0 amide bonds. The first-order valence-corrected chi connectivity index (χ1v) is 3.83. The quantitative estimate of drug-likeness (QED) is 0.589. The SMILES string of the molecule is C=CS(=O)CCNC. The summed E-state index contributed by atoms with van der Waals surface area (Å²) in [5.74, 6) is 0.667. The van der Waals surface area contributed by atoms with Crippen LogP contribution in [-0.2, 0) is 10.8 Å². The molecule has 0 aromatic heterocycles. The van der Waals surface area contributed by atoms with E-state index < -0.39 is 10.8 Å². The van der Waals surface area contributed by atoms with Crippen LogP contribution in [0.25, 0.3) is 0 Å². The molecule has 1 N–H and O–H groups in total. The van der Waals surface area contributed by atoms with Crippen LogP contribution < -0.4 is 5.32 Å². The lowest BCUT2D eigenvalue weighted by atomic mass is 10.8. The largest absolute Gasteiger partial charge is 0.319 e. The van der Waals surface area contributed by atoms with Gasteiger partial charge in [0.1, 0.15) is 0 Å². The third kappa shape index (κ3) is 4.02. The summed E-state index contributed by atoms with van der Waals surface area (Å²) in [7, 11) is 1.01. The first-order chi connectivity index (χ1) is 3.81. The van der Waals surface area contributed by atoms with Gasteiger partial charge in [0.2, 0.25) is 0 Å². The molecule has 0 aromatic carbocycles. The van der Waals surface area contributed by atoms with Crippen LogP contribution in [-0.4, -0.2) is 23.6 Å². The third-order valence-corrected chi connectivity index (χ3v) is 1.72. The monoisotopic (exact) mass is 133 g/mol. The van der Waals surface area contributed by atoms with E-state index in [0.717, 1.165) is 6.54 Å². The van der Waals surface area contributed by atoms with Crippen molar-refractivity contribution in [1.82, 2.24) is 5.32 Å². The van der Waals surface area contributed by atoms with E-state index in [1.54, 1.807) is 0 Å². The van der Waals surface area contributed by atoms with E-state index in [2.05, 4.69) is 11.9 Å². The van der Waals surface area contributed by atoms with Crippen LogP contribution >= 0.6 is 0 Å². The lowest BCUT2D eigenvalue weighted by Crippen LogP contribution is -2.13. The molecule has 0 aliphatic rings. The van der Waals surface area contributed by atoms with Gasteiger partial charge in [-0.25, -0.2) is 0 Å². The van der Waals surface area contributed by atoms with Crippen molar-refractivity contribution in [3.8, 4) is 0 Å². The van der Waals surface area contributed by atoms with Gasteiger partial charge >= 0.3 is 0 Å². The van der Waals surface area contributed by atoms with E-state index in [1.807, 2.05) is 7.05 Å². The van der Waals surface area contributed by atoms with Crippen LogP contribution in [0.5, 0.6) is 0 Å². The minimum atomic E-state index is -0.825. The van der Waals surface area contributed by atoms with Crippen LogP contribution in [0, 0.1) is 0 Å². The van der Waals surface area contributed by atoms with E-state index in [1.165, 1.54) is 5.41 Å². The van der Waals surface area contributed by atoms with Crippen molar-refractivity contribution in [3.63, 3.8) is 0 Å². The molecule has 0 aliphatic heterocycles. The minimum Gasteiger partial charge on any atom is -0.319 e. The maximum absolute atomic E-state index is 10.5. The molecule has 0 bridgehead atoms. The zero-order chi connectivity index (χ0) is 6.41. The average Bonchev–Trinajstić information content (AvgIpc) is 1.83. The van der Waals surface area contributed by atoms with Crippen molar-refractivity contribution in [3.05, 3.63) is 12.0 Å². The summed E-state index contributed by atoms with van der Waals surface area (Å²) in [5.41, 5.74) is 0. The van der Waals surface area contributed by atoms with Crippen molar-refractivity contribution in [2.75, 3.05) is 19.3 Å². The van der Waals surface area contributed by atoms with Crippen molar-refractivity contribution in [2.24, 2.45) is 0 Å². The van der Waals surface area contributed by atoms with Crippen LogP contribution in [0.2, 0.25) is 0 Å². The van der Waals surface area contributed by atoms with Gasteiger partial charge in [0.15, 0.2) is 0 Å². The molecule has 2 nitrogen and oxygen atoms in total. The molecular weight excluding hydrogens is 122 g/mol. The molecule has 8 heavy (non-hydrogen) atoms. The van der Waals surface area contributed by atoms with Gasteiger partial charge in [0, 0.05) is 23.1 Å². The minimum absolute atomic E-state index is 0.667. The summed E-state index contributed by atoms with van der Waals surface area (Å²) < 4.78 is 10.5. The van der Waals surface area contributed by atoms with Crippen molar-refractivity contribution in [1.29, 1.82) is 0 Å². The summed E-state index contributed by atoms with van der Waals surface area (Å²) in [5, 5.41) is 4.35. The average molecular weight is 133 g/mol. The zero-order valence-corrected chi connectivity index (χ0v) is 5.83. The molecule has 0 radical (unpaired) electrons. The Hall–Kier alpha value is -0.150. The molecule has 0 fully saturated rings. The highest BCUT2D eigenvalue weighted by atomic mass is 32.2. The normalized spacial score (nSPS) is 13.1. The maximum atomic E-state index is 10.5. The highest BCUT2D eigenvalue weighted by molar-refractivity contribution is 7.87. The molecule has 48 valence electrons. The third-order valence-electron chi connectivity index (χ3n) is 0.739. The molecule has 0 spiro atoms. The van der Waals surface area contributed by atoms with Gasteiger partial charge in [-0.1, -0.05) is 6.58 Å². The summed E-state index contributed by atoms with van der Waals surface area (Å²) in [6.07, 6.45) is 0. The second-order valence-electron chi connectivity index (χ2n) is 1.36. The fourth-order valence-electron chi connectivity index (χ4n) is 0.286. The Morgan fingerprint density at radius 3 is 2.88 bits per heavy atom. The smallest absolute Gasteiger partial charge is 0.0462 e. The van der Waals surface area contributed by atoms with E-state index in [-0.39, 0.29) is 0 Å². The summed E-state index contributed by atoms with van der Waals surface area (Å²) in [4.78, 5) is 0. The van der Waals surface area contributed by atoms with Gasteiger partial charge in [-0.2, -0.15) is 0 Å². The van der Waals surface area contributed by atoms with Gasteiger partial charge in [-0.15, -0.1) is 0 Å². The van der Waals surface area contributed by atoms with Crippen LogP contribution in [0.3, 0.4) is 0 Å². The lowest BCUT2D eigenvalue weighted by molar-refractivity contribution is 0.685. The van der Waals surface area contributed by atoms with E-state index >= 15 is 0 Å². The number of hydrogen-bond acceptors (Lipinski definition) is 2.